The molecule has 0 radical (unpaired) electrons. The summed E-state index contributed by atoms with van der Waals surface area (Å²) in [7, 11) is 0. The number of hydrogen-bond acceptors (Lipinski definition) is 3. The molecule has 1 saturated heterocycles. The van der Waals surface area contributed by atoms with E-state index in [0.29, 0.717) is 18.0 Å². The predicted molar refractivity (Wildman–Crippen MR) is 181 cm³/mol. The summed E-state index contributed by atoms with van der Waals surface area (Å²) in [5.74, 6) is 0.162. The lowest BCUT2D eigenvalue weighted by atomic mass is 9.71. The van der Waals surface area contributed by atoms with E-state index in [1.54, 1.807) is 6.07 Å². The molecule has 1 aliphatic rings. The molecule has 1 fully saturated rings. The van der Waals surface area contributed by atoms with E-state index < -0.39 is 5.41 Å². The van der Waals surface area contributed by atoms with Crippen molar-refractivity contribution in [2.45, 2.75) is 37.0 Å². The predicted octanol–water partition coefficient (Wildman–Crippen LogP) is 6.66. The summed E-state index contributed by atoms with van der Waals surface area (Å²) in [5.41, 5.74) is 4.72. The first-order valence-corrected chi connectivity index (χ1v) is 16.1. The van der Waals surface area contributed by atoms with Gasteiger partial charge in [0, 0.05) is 23.5 Å². The second-order valence-electron chi connectivity index (χ2n) is 12.2. The fraction of sp³-hybridized carbons (Fsp3) is 0.282. The fourth-order valence-electron chi connectivity index (χ4n) is 6.92. The Morgan fingerprint density at radius 2 is 1.40 bits per heavy atom. The molecule has 0 bridgehead atoms. The van der Waals surface area contributed by atoms with Crippen LogP contribution < -0.4 is 10.6 Å². The lowest BCUT2D eigenvalue weighted by Gasteiger charge is -2.37. The Bertz CT molecular complexity index is 1640. The second-order valence-corrected chi connectivity index (χ2v) is 12.2. The van der Waals surface area contributed by atoms with Crippen LogP contribution in [0.15, 0.2) is 121 Å². The van der Waals surface area contributed by atoms with Crippen molar-refractivity contribution in [3.05, 3.63) is 144 Å². The highest BCUT2D eigenvalue weighted by Gasteiger charge is 2.35. The molecule has 1 aromatic heterocycles. The van der Waals surface area contributed by atoms with Gasteiger partial charge in [-0.1, -0.05) is 103 Å². The number of fused-ring (bicyclic) bond motifs is 1. The number of para-hydroxylation sites is 1. The molecular formula is C39H42N4O2. The molecule has 0 saturated carbocycles. The van der Waals surface area contributed by atoms with Crippen molar-refractivity contribution in [3.63, 3.8) is 0 Å². The molecule has 6 nitrogen and oxygen atoms in total. The van der Waals surface area contributed by atoms with Gasteiger partial charge in [0.1, 0.15) is 0 Å². The average Bonchev–Trinajstić information content (AvgIpc) is 3.60. The van der Waals surface area contributed by atoms with Gasteiger partial charge in [-0.3, -0.25) is 9.59 Å². The van der Waals surface area contributed by atoms with Crippen LogP contribution in [0.4, 0.5) is 0 Å². The molecule has 2 heterocycles. The van der Waals surface area contributed by atoms with Crippen LogP contribution in [0.1, 0.15) is 58.6 Å². The van der Waals surface area contributed by atoms with Gasteiger partial charge in [0.05, 0.1) is 17.6 Å². The standard InChI is InChI=1S/C39H42N4O2/c44-36(28-41-38(45)35-19-10-14-32-20-24-40-37(32)35)42-29-39(33-15-6-2-7-16-33,34-17-8-3-9-18-34)23-11-25-43-26-21-31(22-27-43)30-12-4-1-5-13-30/h1-10,12-20,24,31,40H,11,21-23,25-29H2,(H,41,45)(H,42,44). The highest BCUT2D eigenvalue weighted by atomic mass is 16.2. The van der Waals surface area contributed by atoms with Gasteiger partial charge >= 0.3 is 0 Å². The lowest BCUT2D eigenvalue weighted by Crippen LogP contribution is -2.45. The minimum Gasteiger partial charge on any atom is -0.361 e. The zero-order chi connectivity index (χ0) is 30.9. The van der Waals surface area contributed by atoms with E-state index in [2.05, 4.69) is 99.4 Å². The molecule has 45 heavy (non-hydrogen) atoms. The third-order valence-corrected chi connectivity index (χ3v) is 9.42. The number of benzene rings is 4. The van der Waals surface area contributed by atoms with Crippen LogP contribution in [0.25, 0.3) is 10.9 Å². The molecule has 230 valence electrons. The summed E-state index contributed by atoms with van der Waals surface area (Å²) in [5, 5.41) is 6.98. The Morgan fingerprint density at radius 3 is 2.07 bits per heavy atom. The molecule has 2 amide bonds. The molecule has 0 aliphatic carbocycles. The monoisotopic (exact) mass is 598 g/mol. The number of carbonyl (C=O) groups excluding carboxylic acids is 2. The Balaban J connectivity index is 1.12. The second kappa shape index (κ2) is 14.4. The minimum atomic E-state index is -0.402. The number of amides is 2. The Morgan fingerprint density at radius 1 is 0.756 bits per heavy atom. The SMILES string of the molecule is O=C(CNC(=O)c1cccc2cc[nH]c12)NCC(CCCN1CCC(c2ccccc2)CC1)(c1ccccc1)c1ccccc1. The van der Waals surface area contributed by atoms with Gasteiger partial charge in [-0.15, -0.1) is 0 Å². The van der Waals surface area contributed by atoms with Crippen molar-refractivity contribution in [2.75, 3.05) is 32.7 Å². The molecule has 0 unspecified atom stereocenters. The first kappa shape index (κ1) is 30.4. The highest BCUT2D eigenvalue weighted by Crippen LogP contribution is 2.37. The number of nitrogens with one attached hydrogen (secondary N) is 3. The number of nitrogens with zero attached hydrogens (tertiary/aromatic N) is 1. The van der Waals surface area contributed by atoms with Crippen molar-refractivity contribution in [2.24, 2.45) is 0 Å². The average molecular weight is 599 g/mol. The maximum absolute atomic E-state index is 13.2. The maximum Gasteiger partial charge on any atom is 0.253 e. The summed E-state index contributed by atoms with van der Waals surface area (Å²) in [6.45, 7) is 3.59. The zero-order valence-corrected chi connectivity index (χ0v) is 25.8. The van der Waals surface area contributed by atoms with Crippen molar-refractivity contribution >= 4 is 22.7 Å². The van der Waals surface area contributed by atoms with E-state index in [0.717, 1.165) is 43.4 Å². The van der Waals surface area contributed by atoms with Crippen LogP contribution in [0.2, 0.25) is 0 Å². The number of hydrogen-bond donors (Lipinski definition) is 3. The highest BCUT2D eigenvalue weighted by molar-refractivity contribution is 6.06. The van der Waals surface area contributed by atoms with Crippen molar-refractivity contribution in [1.29, 1.82) is 0 Å². The first-order chi connectivity index (χ1) is 22.1. The molecular weight excluding hydrogens is 556 g/mol. The Labute approximate surface area is 265 Å². The van der Waals surface area contributed by atoms with Crippen molar-refractivity contribution in [1.82, 2.24) is 20.5 Å². The van der Waals surface area contributed by atoms with E-state index in [9.17, 15) is 9.59 Å². The molecule has 4 aromatic carbocycles. The quantitative estimate of drug-likeness (QED) is 0.150. The molecule has 5 aromatic rings. The smallest absolute Gasteiger partial charge is 0.253 e. The van der Waals surface area contributed by atoms with Crippen LogP contribution in [-0.2, 0) is 10.2 Å². The van der Waals surface area contributed by atoms with Crippen LogP contribution in [0, 0.1) is 0 Å². The number of aromatic amines is 1. The molecule has 0 atom stereocenters. The van der Waals surface area contributed by atoms with E-state index in [1.165, 1.54) is 29.5 Å². The molecule has 1 aliphatic heterocycles. The minimum absolute atomic E-state index is 0.0913. The number of aromatic nitrogens is 1. The van der Waals surface area contributed by atoms with Crippen LogP contribution >= 0.6 is 0 Å². The molecule has 3 N–H and O–H groups in total. The van der Waals surface area contributed by atoms with Gasteiger partial charge in [0.25, 0.3) is 5.91 Å². The van der Waals surface area contributed by atoms with Crippen molar-refractivity contribution in [3.8, 4) is 0 Å². The van der Waals surface area contributed by atoms with E-state index in [-0.39, 0.29) is 18.4 Å². The normalized spacial score (nSPS) is 14.3. The topological polar surface area (TPSA) is 77.2 Å². The van der Waals surface area contributed by atoms with E-state index in [1.807, 2.05) is 36.5 Å². The summed E-state index contributed by atoms with van der Waals surface area (Å²) in [6.07, 6.45) is 6.08. The number of carbonyl (C=O) groups is 2. The van der Waals surface area contributed by atoms with Crippen LogP contribution in [0.5, 0.6) is 0 Å². The van der Waals surface area contributed by atoms with Gasteiger partial charge in [-0.05, 0) is 80.1 Å². The molecule has 6 rings (SSSR count). The van der Waals surface area contributed by atoms with Gasteiger partial charge in [0.15, 0.2) is 0 Å². The summed E-state index contributed by atoms with van der Waals surface area (Å²) in [4.78, 5) is 31.9. The molecule has 0 spiro atoms. The van der Waals surface area contributed by atoms with E-state index in [4.69, 9.17) is 0 Å². The van der Waals surface area contributed by atoms with Gasteiger partial charge in [-0.2, -0.15) is 0 Å². The number of rotatable bonds is 12. The summed E-state index contributed by atoms with van der Waals surface area (Å²) >= 11 is 0. The molecule has 6 heteroatoms. The largest absolute Gasteiger partial charge is 0.361 e. The number of H-pyrrole nitrogens is 1. The Hall–Kier alpha value is -4.68. The fourth-order valence-corrected chi connectivity index (χ4v) is 6.92. The van der Waals surface area contributed by atoms with E-state index >= 15 is 0 Å². The van der Waals surface area contributed by atoms with Gasteiger partial charge < -0.3 is 20.5 Å². The van der Waals surface area contributed by atoms with Gasteiger partial charge in [0.2, 0.25) is 5.91 Å². The van der Waals surface area contributed by atoms with Crippen LogP contribution in [0.3, 0.4) is 0 Å². The van der Waals surface area contributed by atoms with Gasteiger partial charge in [-0.25, -0.2) is 0 Å². The number of likely N-dealkylation sites (tertiary alicyclic amines) is 1. The zero-order valence-electron chi connectivity index (χ0n) is 25.8. The Kier molecular flexibility index (Phi) is 9.71. The number of piperidine rings is 1. The lowest BCUT2D eigenvalue weighted by molar-refractivity contribution is -0.120. The van der Waals surface area contributed by atoms with Crippen molar-refractivity contribution < 1.29 is 9.59 Å². The van der Waals surface area contributed by atoms with Crippen LogP contribution in [-0.4, -0.2) is 54.4 Å². The first-order valence-electron chi connectivity index (χ1n) is 16.1. The summed E-state index contributed by atoms with van der Waals surface area (Å²) < 4.78 is 0. The summed E-state index contributed by atoms with van der Waals surface area (Å²) in [6, 6.07) is 39.5. The third kappa shape index (κ3) is 7.18. The third-order valence-electron chi connectivity index (χ3n) is 9.42. The maximum atomic E-state index is 13.2.